The summed E-state index contributed by atoms with van der Waals surface area (Å²) in [5.41, 5.74) is 4.74. The maximum atomic E-state index is 5.72. The minimum Gasteiger partial charge on any atom is -0.489 e. The summed E-state index contributed by atoms with van der Waals surface area (Å²) < 4.78 is 7.70. The molecule has 0 unspecified atom stereocenters. The van der Waals surface area contributed by atoms with Crippen molar-refractivity contribution >= 4 is 5.96 Å². The number of ether oxygens (including phenoxy) is 1. The molecule has 0 bridgehead atoms. The van der Waals surface area contributed by atoms with E-state index in [-0.39, 0.29) is 0 Å². The van der Waals surface area contributed by atoms with Crippen LogP contribution in [0.25, 0.3) is 0 Å². The second-order valence-electron chi connectivity index (χ2n) is 6.19. The Bertz CT molecular complexity index is 779. The van der Waals surface area contributed by atoms with Crippen molar-refractivity contribution in [3.8, 4) is 5.75 Å². The minimum absolute atomic E-state index is 0.491. The molecule has 0 aliphatic carbocycles. The summed E-state index contributed by atoms with van der Waals surface area (Å²) in [6, 6.07) is 7.98. The Kier molecular flexibility index (Phi) is 7.92. The molecule has 0 fully saturated rings. The minimum atomic E-state index is 0.491. The van der Waals surface area contributed by atoms with E-state index in [2.05, 4.69) is 41.2 Å². The summed E-state index contributed by atoms with van der Waals surface area (Å²) in [5, 5.41) is 11.4. The molecule has 27 heavy (non-hydrogen) atoms. The van der Waals surface area contributed by atoms with Gasteiger partial charge in [0.05, 0.1) is 5.69 Å². The van der Waals surface area contributed by atoms with Crippen molar-refractivity contribution in [2.45, 2.75) is 39.8 Å². The van der Waals surface area contributed by atoms with Crippen LogP contribution >= 0.6 is 0 Å². The lowest BCUT2D eigenvalue weighted by atomic mass is 10.1. The van der Waals surface area contributed by atoms with Crippen LogP contribution in [-0.2, 0) is 33.0 Å². The molecule has 146 valence electrons. The Labute approximate surface area is 162 Å². The third kappa shape index (κ3) is 5.36. The molecule has 0 spiro atoms. The van der Waals surface area contributed by atoms with Crippen LogP contribution < -0.4 is 15.4 Å². The third-order valence-electron chi connectivity index (χ3n) is 4.46. The fourth-order valence-corrected chi connectivity index (χ4v) is 3.11. The van der Waals surface area contributed by atoms with Crippen molar-refractivity contribution < 1.29 is 4.74 Å². The van der Waals surface area contributed by atoms with E-state index in [0.29, 0.717) is 19.7 Å². The van der Waals surface area contributed by atoms with Gasteiger partial charge in [0.25, 0.3) is 0 Å². The van der Waals surface area contributed by atoms with Crippen LogP contribution in [0, 0.1) is 0 Å². The molecule has 0 aliphatic heterocycles. The molecular formula is C21H31N5O. The van der Waals surface area contributed by atoms with Gasteiger partial charge in [-0.3, -0.25) is 9.67 Å². The van der Waals surface area contributed by atoms with E-state index in [1.807, 2.05) is 36.0 Å². The largest absolute Gasteiger partial charge is 0.489 e. The number of aromatic nitrogens is 2. The van der Waals surface area contributed by atoms with E-state index in [9.17, 15) is 0 Å². The maximum absolute atomic E-state index is 5.72. The Balaban J connectivity index is 2.01. The number of guanidine groups is 1. The van der Waals surface area contributed by atoms with Crippen LogP contribution in [0.1, 0.15) is 36.4 Å². The Morgan fingerprint density at radius 2 is 1.96 bits per heavy atom. The lowest BCUT2D eigenvalue weighted by Crippen LogP contribution is -2.36. The van der Waals surface area contributed by atoms with Crippen LogP contribution in [0.5, 0.6) is 5.75 Å². The summed E-state index contributed by atoms with van der Waals surface area (Å²) in [4.78, 5) is 4.34. The van der Waals surface area contributed by atoms with Gasteiger partial charge in [0.2, 0.25) is 0 Å². The van der Waals surface area contributed by atoms with Crippen molar-refractivity contribution in [1.29, 1.82) is 0 Å². The molecule has 0 aliphatic rings. The fourth-order valence-electron chi connectivity index (χ4n) is 3.11. The van der Waals surface area contributed by atoms with Crippen LogP contribution in [0.4, 0.5) is 0 Å². The molecule has 1 heterocycles. The number of rotatable bonds is 9. The zero-order valence-corrected chi connectivity index (χ0v) is 16.9. The first-order valence-electron chi connectivity index (χ1n) is 9.44. The highest BCUT2D eigenvalue weighted by molar-refractivity contribution is 5.79. The summed E-state index contributed by atoms with van der Waals surface area (Å²) in [7, 11) is 3.79. The van der Waals surface area contributed by atoms with Crippen molar-refractivity contribution in [3.05, 3.63) is 59.4 Å². The number of nitrogens with one attached hydrogen (secondary N) is 2. The lowest BCUT2D eigenvalue weighted by Gasteiger charge is -2.15. The Morgan fingerprint density at radius 3 is 2.63 bits per heavy atom. The van der Waals surface area contributed by atoms with Gasteiger partial charge in [-0.2, -0.15) is 5.10 Å². The van der Waals surface area contributed by atoms with E-state index in [1.165, 1.54) is 11.3 Å². The monoisotopic (exact) mass is 369 g/mol. The summed E-state index contributed by atoms with van der Waals surface area (Å²) >= 11 is 0. The van der Waals surface area contributed by atoms with Gasteiger partial charge in [-0.15, -0.1) is 0 Å². The van der Waals surface area contributed by atoms with Crippen molar-refractivity contribution in [3.63, 3.8) is 0 Å². The van der Waals surface area contributed by atoms with Crippen LogP contribution in [0.15, 0.2) is 41.9 Å². The van der Waals surface area contributed by atoms with E-state index in [4.69, 9.17) is 4.74 Å². The lowest BCUT2D eigenvalue weighted by molar-refractivity contribution is 0.358. The van der Waals surface area contributed by atoms with Gasteiger partial charge in [0.1, 0.15) is 12.4 Å². The highest BCUT2D eigenvalue weighted by Gasteiger charge is 2.14. The molecule has 0 radical (unpaired) electrons. The predicted molar refractivity (Wildman–Crippen MR) is 111 cm³/mol. The highest BCUT2D eigenvalue weighted by Crippen LogP contribution is 2.18. The van der Waals surface area contributed by atoms with Gasteiger partial charge < -0.3 is 15.4 Å². The average molecular weight is 370 g/mol. The Hall–Kier alpha value is -2.76. The topological polar surface area (TPSA) is 63.5 Å². The molecular weight excluding hydrogens is 338 g/mol. The molecule has 6 heteroatoms. The number of aliphatic imine (C=N–C) groups is 1. The summed E-state index contributed by atoms with van der Waals surface area (Å²) in [5.74, 6) is 1.61. The molecule has 0 saturated heterocycles. The molecule has 2 N–H and O–H groups in total. The average Bonchev–Trinajstić information content (AvgIpc) is 3.01. The molecule has 0 atom stereocenters. The Morgan fingerprint density at radius 1 is 1.22 bits per heavy atom. The fraction of sp³-hybridized carbons (Fsp3) is 0.429. The molecule has 1 aromatic carbocycles. The van der Waals surface area contributed by atoms with Gasteiger partial charge in [0.15, 0.2) is 5.96 Å². The van der Waals surface area contributed by atoms with Gasteiger partial charge in [-0.25, -0.2) is 0 Å². The van der Waals surface area contributed by atoms with Gasteiger partial charge in [-0.1, -0.05) is 44.7 Å². The molecule has 0 amide bonds. The number of benzene rings is 1. The van der Waals surface area contributed by atoms with Crippen molar-refractivity contribution in [1.82, 2.24) is 20.4 Å². The summed E-state index contributed by atoms with van der Waals surface area (Å²) in [6.45, 7) is 9.82. The second-order valence-corrected chi connectivity index (χ2v) is 6.19. The van der Waals surface area contributed by atoms with Gasteiger partial charge in [0, 0.05) is 44.0 Å². The predicted octanol–water partition coefficient (Wildman–Crippen LogP) is 2.97. The third-order valence-corrected chi connectivity index (χ3v) is 4.46. The maximum Gasteiger partial charge on any atom is 0.191 e. The van der Waals surface area contributed by atoms with Crippen molar-refractivity contribution in [2.24, 2.45) is 12.0 Å². The van der Waals surface area contributed by atoms with Gasteiger partial charge >= 0.3 is 0 Å². The molecule has 0 saturated carbocycles. The highest BCUT2D eigenvalue weighted by atomic mass is 16.5. The second kappa shape index (κ2) is 10.4. The zero-order chi connectivity index (χ0) is 19.6. The number of hydrogen-bond acceptors (Lipinski definition) is 3. The molecule has 2 rings (SSSR count). The number of aryl methyl sites for hydroxylation is 2. The molecule has 6 nitrogen and oxygen atoms in total. The SMILES string of the molecule is C=CCOc1ccccc1CNC(=NC)NCc1c(CC)nn(C)c1CC. The van der Waals surface area contributed by atoms with Crippen LogP contribution in [-0.4, -0.2) is 29.4 Å². The van der Waals surface area contributed by atoms with Gasteiger partial charge in [-0.05, 0) is 18.9 Å². The van der Waals surface area contributed by atoms with E-state index in [1.54, 1.807) is 13.1 Å². The van der Waals surface area contributed by atoms with E-state index < -0.39 is 0 Å². The first-order chi connectivity index (χ1) is 13.1. The van der Waals surface area contributed by atoms with E-state index >= 15 is 0 Å². The number of hydrogen-bond donors (Lipinski definition) is 2. The standard InChI is InChI=1S/C21H31N5O/c1-6-13-27-20-12-10-9-11-16(20)14-23-21(22-4)24-15-17-18(7-2)25-26(5)19(17)8-3/h6,9-12H,1,7-8,13-15H2,2-5H3,(H2,22,23,24). The zero-order valence-electron chi connectivity index (χ0n) is 16.9. The van der Waals surface area contributed by atoms with E-state index in [0.717, 1.165) is 35.8 Å². The number of para-hydroxylation sites is 1. The smallest absolute Gasteiger partial charge is 0.191 e. The molecule has 1 aromatic heterocycles. The first-order valence-corrected chi connectivity index (χ1v) is 9.44. The molecule has 2 aromatic rings. The van der Waals surface area contributed by atoms with Crippen molar-refractivity contribution in [2.75, 3.05) is 13.7 Å². The van der Waals surface area contributed by atoms with Crippen LogP contribution in [0.2, 0.25) is 0 Å². The first kappa shape index (κ1) is 20.6. The van der Waals surface area contributed by atoms with Crippen LogP contribution in [0.3, 0.4) is 0 Å². The quantitative estimate of drug-likeness (QED) is 0.405. The normalized spacial score (nSPS) is 11.3. The summed E-state index contributed by atoms with van der Waals surface area (Å²) in [6.07, 6.45) is 3.63. The number of nitrogens with zero attached hydrogens (tertiary/aromatic N) is 3.